The topological polar surface area (TPSA) is 134 Å². The molecule has 9 nitrogen and oxygen atoms in total. The quantitative estimate of drug-likeness (QED) is 0.159. The number of aliphatic carboxylic acids is 1. The van der Waals surface area contributed by atoms with Gasteiger partial charge in [-0.3, -0.25) is 19.3 Å². The molecule has 2 saturated heterocycles. The number of hydrogen-bond donors (Lipinski definition) is 3. The minimum Gasteiger partial charge on any atom is -0.507 e. The van der Waals surface area contributed by atoms with E-state index in [2.05, 4.69) is 0 Å². The van der Waals surface area contributed by atoms with E-state index >= 15 is 0 Å². The number of benzene rings is 1. The van der Waals surface area contributed by atoms with Crippen LogP contribution in [0.5, 0.6) is 5.75 Å². The molecule has 0 radical (unpaired) electrons. The van der Waals surface area contributed by atoms with E-state index in [0.717, 1.165) is 22.3 Å². The first-order chi connectivity index (χ1) is 18.7. The zero-order valence-corrected chi connectivity index (χ0v) is 22.7. The van der Waals surface area contributed by atoms with Gasteiger partial charge < -0.3 is 24.6 Å². The third-order valence-corrected chi connectivity index (χ3v) is 8.13. The van der Waals surface area contributed by atoms with Gasteiger partial charge in [-0.15, -0.1) is 0 Å². The van der Waals surface area contributed by atoms with Gasteiger partial charge in [-0.25, -0.2) is 0 Å². The number of phenols is 1. The molecule has 0 saturated carbocycles. The highest BCUT2D eigenvalue weighted by Crippen LogP contribution is 2.50. The Kier molecular flexibility index (Phi) is 9.64. The number of allylic oxidation sites excluding steroid dienone is 1. The molecule has 3 N–H and O–H groups in total. The fraction of sp³-hybridized carbons (Fsp3) is 0.552. The normalized spacial score (nSPS) is 25.3. The Bertz CT molecular complexity index is 1150. The SMILES string of the molecule is COCC1=C2[C@@H](CC/C(C)=C/c3ccccc3O)OB(O)C[C@@H]2[C@@H]2C(=O)N(CCCCCC(=O)O)C(=O)[C@@H]2C1. The van der Waals surface area contributed by atoms with E-state index in [-0.39, 0.29) is 42.8 Å². The number of carbonyl (C=O) groups is 3. The van der Waals surface area contributed by atoms with Gasteiger partial charge >= 0.3 is 13.1 Å². The number of amides is 2. The number of rotatable bonds is 12. The Labute approximate surface area is 229 Å². The van der Waals surface area contributed by atoms with Gasteiger partial charge in [-0.05, 0) is 68.5 Å². The summed E-state index contributed by atoms with van der Waals surface area (Å²) in [5.41, 5.74) is 3.71. The first kappa shape index (κ1) is 29.0. The second-order valence-electron chi connectivity index (χ2n) is 10.9. The van der Waals surface area contributed by atoms with Crippen LogP contribution in [0.15, 0.2) is 41.0 Å². The van der Waals surface area contributed by atoms with Crippen molar-refractivity contribution < 1.29 is 39.0 Å². The average molecular weight is 539 g/mol. The van der Waals surface area contributed by atoms with Crippen molar-refractivity contribution >= 4 is 31.0 Å². The average Bonchev–Trinajstić information content (AvgIpc) is 3.12. The van der Waals surface area contributed by atoms with E-state index in [1.165, 1.54) is 4.90 Å². The summed E-state index contributed by atoms with van der Waals surface area (Å²) in [5, 5.41) is 29.6. The number of fused-ring (bicyclic) bond motifs is 3. The van der Waals surface area contributed by atoms with Crippen molar-refractivity contribution in [3.63, 3.8) is 0 Å². The Balaban J connectivity index is 1.51. The molecular formula is C29H38BNO8. The number of imide groups is 1. The lowest BCUT2D eigenvalue weighted by molar-refractivity contribution is -0.141. The number of phenolic OH excluding ortho intramolecular Hbond substituents is 1. The van der Waals surface area contributed by atoms with Crippen molar-refractivity contribution in [2.45, 2.75) is 64.3 Å². The van der Waals surface area contributed by atoms with Crippen LogP contribution in [0.2, 0.25) is 6.32 Å². The van der Waals surface area contributed by atoms with E-state index in [1.807, 2.05) is 25.1 Å². The second-order valence-corrected chi connectivity index (χ2v) is 10.9. The lowest BCUT2D eigenvalue weighted by Gasteiger charge is -2.43. The standard InChI is InChI=1S/C29H38BNO8/c1-18(14-19-8-5-6-9-23(19)32)11-12-24-26-20(17-38-2)15-21-27(22(26)16-30(37)39-24)29(36)31(28(21)35)13-7-3-4-10-25(33)34/h5-6,8-9,14,21-22,24,27,32,37H,3-4,7,10-13,15-17H2,1-2H3,(H,33,34)/b18-14+/t21-,22+,24-,27-/m1/s1. The van der Waals surface area contributed by atoms with Crippen molar-refractivity contribution in [2.75, 3.05) is 20.3 Å². The molecule has 1 aliphatic carbocycles. The number of hydrogen-bond acceptors (Lipinski definition) is 7. The van der Waals surface area contributed by atoms with Crippen LogP contribution in [0, 0.1) is 17.8 Å². The van der Waals surface area contributed by atoms with E-state index in [4.69, 9.17) is 14.5 Å². The summed E-state index contributed by atoms with van der Waals surface area (Å²) in [6, 6.07) is 7.12. The van der Waals surface area contributed by atoms with Gasteiger partial charge in [-0.2, -0.15) is 0 Å². The molecule has 2 amide bonds. The molecule has 39 heavy (non-hydrogen) atoms. The first-order valence-corrected chi connectivity index (χ1v) is 13.8. The number of methoxy groups -OCH3 is 1. The molecule has 4 rings (SSSR count). The van der Waals surface area contributed by atoms with Crippen molar-refractivity contribution in [1.82, 2.24) is 4.90 Å². The predicted octanol–water partition coefficient (Wildman–Crippen LogP) is 3.66. The van der Waals surface area contributed by atoms with Crippen LogP contribution in [0.3, 0.4) is 0 Å². The number of ether oxygens (including phenoxy) is 1. The Morgan fingerprint density at radius 1 is 1.15 bits per heavy atom. The minimum absolute atomic E-state index is 0.0727. The number of likely N-dealkylation sites (tertiary alicyclic amines) is 1. The van der Waals surface area contributed by atoms with Crippen LogP contribution in [0.4, 0.5) is 0 Å². The first-order valence-electron chi connectivity index (χ1n) is 13.8. The number of carbonyl (C=O) groups excluding carboxylic acids is 2. The molecule has 0 unspecified atom stereocenters. The summed E-state index contributed by atoms with van der Waals surface area (Å²) < 4.78 is 11.5. The molecule has 0 bridgehead atoms. The van der Waals surface area contributed by atoms with Crippen molar-refractivity contribution in [2.24, 2.45) is 17.8 Å². The van der Waals surface area contributed by atoms with Crippen LogP contribution >= 0.6 is 0 Å². The highest BCUT2D eigenvalue weighted by atomic mass is 16.5. The van der Waals surface area contributed by atoms with E-state index in [0.29, 0.717) is 45.1 Å². The zero-order valence-electron chi connectivity index (χ0n) is 22.7. The number of para-hydroxylation sites is 1. The Hall–Kier alpha value is -2.95. The van der Waals surface area contributed by atoms with Crippen molar-refractivity contribution in [3.05, 3.63) is 46.5 Å². The number of nitrogens with zero attached hydrogens (tertiary/aromatic N) is 1. The molecule has 1 aromatic carbocycles. The summed E-state index contributed by atoms with van der Waals surface area (Å²) in [5.74, 6) is -2.36. The van der Waals surface area contributed by atoms with Crippen LogP contribution < -0.4 is 0 Å². The van der Waals surface area contributed by atoms with Crippen LogP contribution in [0.25, 0.3) is 6.08 Å². The summed E-state index contributed by atoms with van der Waals surface area (Å²) in [7, 11) is 0.564. The zero-order chi connectivity index (χ0) is 28.1. The van der Waals surface area contributed by atoms with Crippen LogP contribution in [-0.4, -0.2) is 71.4 Å². The highest BCUT2D eigenvalue weighted by Gasteiger charge is 2.57. The Morgan fingerprint density at radius 2 is 1.92 bits per heavy atom. The third-order valence-electron chi connectivity index (χ3n) is 8.13. The molecule has 2 heterocycles. The summed E-state index contributed by atoms with van der Waals surface area (Å²) >= 11 is 0. The molecular weight excluding hydrogens is 501 g/mol. The third kappa shape index (κ3) is 6.62. The van der Waals surface area contributed by atoms with Crippen molar-refractivity contribution in [1.29, 1.82) is 0 Å². The predicted molar refractivity (Wildman–Crippen MR) is 145 cm³/mol. The second kappa shape index (κ2) is 12.9. The summed E-state index contributed by atoms with van der Waals surface area (Å²) in [6.07, 6.45) is 5.21. The number of carboxylic acids is 1. The molecule has 0 spiro atoms. The molecule has 10 heteroatoms. The van der Waals surface area contributed by atoms with Crippen LogP contribution in [0.1, 0.15) is 57.4 Å². The van der Waals surface area contributed by atoms with E-state index in [1.54, 1.807) is 19.2 Å². The molecule has 4 atom stereocenters. The van der Waals surface area contributed by atoms with Gasteiger partial charge in [-0.1, -0.05) is 36.3 Å². The van der Waals surface area contributed by atoms with Gasteiger partial charge in [0.1, 0.15) is 5.75 Å². The molecule has 2 fully saturated rings. The largest absolute Gasteiger partial charge is 0.507 e. The fourth-order valence-electron chi connectivity index (χ4n) is 6.39. The van der Waals surface area contributed by atoms with Gasteiger partial charge in [0.2, 0.25) is 11.8 Å². The maximum atomic E-state index is 13.6. The van der Waals surface area contributed by atoms with Crippen LogP contribution in [-0.2, 0) is 23.8 Å². The maximum Gasteiger partial charge on any atom is 0.455 e. The maximum absolute atomic E-state index is 13.6. The molecule has 3 aliphatic rings. The smallest absolute Gasteiger partial charge is 0.455 e. The number of carboxylic acid groups (broad SMARTS) is 1. The van der Waals surface area contributed by atoms with Gasteiger partial charge in [0.15, 0.2) is 0 Å². The highest BCUT2D eigenvalue weighted by molar-refractivity contribution is 6.43. The van der Waals surface area contributed by atoms with Gasteiger partial charge in [0.25, 0.3) is 0 Å². The molecule has 0 aromatic heterocycles. The Morgan fingerprint density at radius 3 is 2.64 bits per heavy atom. The van der Waals surface area contributed by atoms with Gasteiger partial charge in [0, 0.05) is 25.6 Å². The monoisotopic (exact) mass is 539 g/mol. The van der Waals surface area contributed by atoms with E-state index < -0.39 is 31.0 Å². The summed E-state index contributed by atoms with van der Waals surface area (Å²) in [4.78, 5) is 39.0. The van der Waals surface area contributed by atoms with Crippen molar-refractivity contribution in [3.8, 4) is 5.75 Å². The number of unbranched alkanes of at least 4 members (excludes halogenated alkanes) is 2. The lowest BCUT2D eigenvalue weighted by Crippen LogP contribution is -2.46. The lowest BCUT2D eigenvalue weighted by atomic mass is 9.58. The van der Waals surface area contributed by atoms with E-state index in [9.17, 15) is 24.5 Å². The van der Waals surface area contributed by atoms with Gasteiger partial charge in [0.05, 0.1) is 24.5 Å². The number of aromatic hydroxyl groups is 1. The molecule has 1 aromatic rings. The summed E-state index contributed by atoms with van der Waals surface area (Å²) in [6.45, 7) is 2.59. The molecule has 2 aliphatic heterocycles. The molecule has 210 valence electrons. The fourth-order valence-corrected chi connectivity index (χ4v) is 6.39. The minimum atomic E-state index is -1.04.